The van der Waals surface area contributed by atoms with E-state index in [2.05, 4.69) is 6.92 Å². The number of likely N-dealkylation sites (tertiary alicyclic amines) is 2. The molecule has 3 amide bonds. The van der Waals surface area contributed by atoms with E-state index in [9.17, 15) is 14.4 Å². The van der Waals surface area contributed by atoms with Crippen molar-refractivity contribution in [3.63, 3.8) is 0 Å². The molecular weight excluding hydrogens is 434 g/mol. The molecule has 0 aliphatic carbocycles. The Hall–Kier alpha value is -3.13. The Morgan fingerprint density at radius 1 is 0.941 bits per heavy atom. The van der Waals surface area contributed by atoms with E-state index in [1.807, 2.05) is 23.1 Å². The summed E-state index contributed by atoms with van der Waals surface area (Å²) >= 11 is 0. The molecule has 3 aliphatic rings. The van der Waals surface area contributed by atoms with Gasteiger partial charge in [-0.1, -0.05) is 18.2 Å². The first-order valence-corrected chi connectivity index (χ1v) is 12.2. The van der Waals surface area contributed by atoms with Crippen molar-refractivity contribution in [3.05, 3.63) is 60.1 Å². The fourth-order valence-electron chi connectivity index (χ4n) is 5.51. The summed E-state index contributed by atoms with van der Waals surface area (Å²) in [5, 5.41) is 0. The summed E-state index contributed by atoms with van der Waals surface area (Å²) < 4.78 is 11.6. The number of rotatable bonds is 3. The van der Waals surface area contributed by atoms with E-state index in [0.717, 1.165) is 19.3 Å². The van der Waals surface area contributed by atoms with Crippen molar-refractivity contribution in [2.75, 3.05) is 26.2 Å². The molecule has 4 heterocycles. The van der Waals surface area contributed by atoms with Gasteiger partial charge in [0.15, 0.2) is 5.76 Å². The first-order chi connectivity index (χ1) is 16.5. The minimum Gasteiger partial charge on any atom is -0.459 e. The average Bonchev–Trinajstić information content (AvgIpc) is 3.53. The summed E-state index contributed by atoms with van der Waals surface area (Å²) in [5.74, 6) is -0.115. The molecule has 0 N–H and O–H groups in total. The van der Waals surface area contributed by atoms with Crippen LogP contribution in [0.1, 0.15) is 59.9 Å². The third-order valence-electron chi connectivity index (χ3n) is 7.44. The first-order valence-electron chi connectivity index (χ1n) is 12.2. The van der Waals surface area contributed by atoms with Gasteiger partial charge in [-0.25, -0.2) is 0 Å². The Morgan fingerprint density at radius 3 is 2.38 bits per heavy atom. The number of carbonyl (C=O) groups excluding carboxylic acids is 3. The van der Waals surface area contributed by atoms with Gasteiger partial charge in [0.1, 0.15) is 11.8 Å². The first kappa shape index (κ1) is 22.7. The van der Waals surface area contributed by atoms with Gasteiger partial charge in [-0.2, -0.15) is 0 Å². The lowest BCUT2D eigenvalue weighted by Gasteiger charge is -2.45. The molecule has 0 bridgehead atoms. The number of furan rings is 1. The van der Waals surface area contributed by atoms with E-state index >= 15 is 0 Å². The van der Waals surface area contributed by atoms with Gasteiger partial charge in [0.2, 0.25) is 5.91 Å². The highest BCUT2D eigenvalue weighted by atomic mass is 16.5. The minimum atomic E-state index is -0.910. The molecule has 2 atom stereocenters. The number of carbonyl (C=O) groups is 3. The summed E-state index contributed by atoms with van der Waals surface area (Å²) in [6, 6.07) is 11.9. The Bertz CT molecular complexity index is 1030. The maximum absolute atomic E-state index is 13.8. The fourth-order valence-corrected chi connectivity index (χ4v) is 5.51. The van der Waals surface area contributed by atoms with Crippen LogP contribution in [0.5, 0.6) is 0 Å². The number of benzene rings is 1. The summed E-state index contributed by atoms with van der Waals surface area (Å²) in [4.78, 5) is 45.6. The van der Waals surface area contributed by atoms with Crippen molar-refractivity contribution in [2.45, 2.75) is 56.8 Å². The predicted octanol–water partition coefficient (Wildman–Crippen LogP) is 3.15. The number of hydrogen-bond donors (Lipinski definition) is 0. The van der Waals surface area contributed by atoms with Crippen LogP contribution in [-0.2, 0) is 9.53 Å². The summed E-state index contributed by atoms with van der Waals surface area (Å²) in [6.07, 6.45) is 5.43. The Morgan fingerprint density at radius 2 is 1.71 bits per heavy atom. The van der Waals surface area contributed by atoms with Gasteiger partial charge in [0, 0.05) is 44.1 Å². The lowest BCUT2D eigenvalue weighted by Crippen LogP contribution is -2.61. The average molecular weight is 466 g/mol. The van der Waals surface area contributed by atoms with Crippen molar-refractivity contribution in [1.29, 1.82) is 0 Å². The van der Waals surface area contributed by atoms with Crippen LogP contribution in [-0.4, -0.2) is 76.5 Å². The lowest BCUT2D eigenvalue weighted by molar-refractivity contribution is -0.140. The lowest BCUT2D eigenvalue weighted by atomic mass is 9.95. The van der Waals surface area contributed by atoms with Gasteiger partial charge in [0.05, 0.1) is 12.9 Å². The molecular formula is C26H31N3O5. The zero-order chi connectivity index (χ0) is 23.7. The van der Waals surface area contributed by atoms with Crippen LogP contribution < -0.4 is 0 Å². The van der Waals surface area contributed by atoms with Crippen molar-refractivity contribution < 1.29 is 23.5 Å². The van der Waals surface area contributed by atoms with E-state index < -0.39 is 11.8 Å². The number of hydrogen-bond acceptors (Lipinski definition) is 5. The van der Waals surface area contributed by atoms with Crippen LogP contribution in [0.3, 0.4) is 0 Å². The van der Waals surface area contributed by atoms with Gasteiger partial charge in [-0.05, 0) is 50.5 Å². The highest BCUT2D eigenvalue weighted by molar-refractivity contribution is 5.98. The standard InChI is InChI=1S/C26H31N3O5/c1-19-8-5-6-14-28(19)24(31)21-18-34-26(29(21)23(30)20-9-3-2-4-10-20)12-15-27(16-13-26)25(32)22-11-7-17-33-22/h2-4,7,9-11,17,19,21H,5-6,8,12-16,18H2,1H3/t19-,21-/m1/s1. The molecule has 2 aromatic rings. The zero-order valence-corrected chi connectivity index (χ0v) is 19.5. The predicted molar refractivity (Wildman–Crippen MR) is 124 cm³/mol. The number of amides is 3. The fraction of sp³-hybridized carbons (Fsp3) is 0.500. The van der Waals surface area contributed by atoms with Gasteiger partial charge in [-0.15, -0.1) is 0 Å². The number of nitrogens with zero attached hydrogens (tertiary/aromatic N) is 3. The largest absolute Gasteiger partial charge is 0.459 e. The normalized spacial score (nSPS) is 24.4. The van der Waals surface area contributed by atoms with Crippen molar-refractivity contribution >= 4 is 17.7 Å². The Balaban J connectivity index is 1.40. The molecule has 0 unspecified atom stereocenters. The topological polar surface area (TPSA) is 83.3 Å². The van der Waals surface area contributed by atoms with Crippen molar-refractivity contribution in [2.24, 2.45) is 0 Å². The van der Waals surface area contributed by atoms with Gasteiger partial charge < -0.3 is 19.0 Å². The molecule has 8 nitrogen and oxygen atoms in total. The summed E-state index contributed by atoms with van der Waals surface area (Å²) in [5.41, 5.74) is -0.377. The zero-order valence-electron chi connectivity index (χ0n) is 19.5. The van der Waals surface area contributed by atoms with E-state index in [1.165, 1.54) is 6.26 Å². The second kappa shape index (κ2) is 9.25. The SMILES string of the molecule is C[C@@H]1CCCCN1C(=O)[C@H]1COC2(CCN(C(=O)c3ccco3)CC2)N1C(=O)c1ccccc1. The maximum Gasteiger partial charge on any atom is 0.289 e. The smallest absolute Gasteiger partial charge is 0.289 e. The molecule has 34 heavy (non-hydrogen) atoms. The Kier molecular flexibility index (Phi) is 6.16. The summed E-state index contributed by atoms with van der Waals surface area (Å²) in [7, 11) is 0. The van der Waals surface area contributed by atoms with Crippen LogP contribution >= 0.6 is 0 Å². The highest BCUT2D eigenvalue weighted by Crippen LogP contribution is 2.39. The molecule has 0 radical (unpaired) electrons. The molecule has 3 aliphatic heterocycles. The summed E-state index contributed by atoms with van der Waals surface area (Å²) in [6.45, 7) is 3.79. The Labute approximate surface area is 199 Å². The number of ether oxygens (including phenoxy) is 1. The third-order valence-corrected chi connectivity index (χ3v) is 7.44. The van der Waals surface area contributed by atoms with Gasteiger partial charge in [-0.3, -0.25) is 19.3 Å². The van der Waals surface area contributed by atoms with E-state index in [0.29, 0.717) is 43.8 Å². The van der Waals surface area contributed by atoms with Gasteiger partial charge >= 0.3 is 0 Å². The van der Waals surface area contributed by atoms with Gasteiger partial charge in [0.25, 0.3) is 11.8 Å². The van der Waals surface area contributed by atoms with Crippen LogP contribution in [0.15, 0.2) is 53.1 Å². The van der Waals surface area contributed by atoms with E-state index in [1.54, 1.807) is 34.1 Å². The molecule has 1 aromatic carbocycles. The van der Waals surface area contributed by atoms with Crippen LogP contribution in [0.25, 0.3) is 0 Å². The van der Waals surface area contributed by atoms with Crippen molar-refractivity contribution in [3.8, 4) is 0 Å². The van der Waals surface area contributed by atoms with Crippen molar-refractivity contribution in [1.82, 2.24) is 14.7 Å². The second-order valence-corrected chi connectivity index (χ2v) is 9.46. The van der Waals surface area contributed by atoms with E-state index in [4.69, 9.17) is 9.15 Å². The molecule has 180 valence electrons. The quantitative estimate of drug-likeness (QED) is 0.695. The molecule has 1 aromatic heterocycles. The van der Waals surface area contributed by atoms with E-state index in [-0.39, 0.29) is 30.4 Å². The molecule has 8 heteroatoms. The molecule has 1 spiro atoms. The van der Waals surface area contributed by atoms with Crippen LogP contribution in [0.4, 0.5) is 0 Å². The molecule has 3 fully saturated rings. The third kappa shape index (κ3) is 4.00. The maximum atomic E-state index is 13.8. The second-order valence-electron chi connectivity index (χ2n) is 9.46. The molecule has 5 rings (SSSR count). The highest BCUT2D eigenvalue weighted by Gasteiger charge is 2.55. The minimum absolute atomic E-state index is 0.0394. The number of piperidine rings is 2. The van der Waals surface area contributed by atoms with Crippen LogP contribution in [0, 0.1) is 0 Å². The van der Waals surface area contributed by atoms with Crippen LogP contribution in [0.2, 0.25) is 0 Å². The monoisotopic (exact) mass is 465 g/mol. The molecule has 0 saturated carbocycles. The molecule has 3 saturated heterocycles.